The zero-order valence-electron chi connectivity index (χ0n) is 11.7. The smallest absolute Gasteiger partial charge is 0.340 e. The van der Waals surface area contributed by atoms with Crippen molar-refractivity contribution in [2.24, 2.45) is 0 Å². The minimum Gasteiger partial charge on any atom is -0.340 e. The number of amides is 1. The number of rotatable bonds is 6. The second-order valence-electron chi connectivity index (χ2n) is 4.56. The summed E-state index contributed by atoms with van der Waals surface area (Å²) in [7, 11) is 1.61. The molecule has 0 aliphatic heterocycles. The number of aromatic nitrogens is 3. The molecular weight excluding hydrogens is 314 g/mol. The number of likely N-dealkylation sites (N-methyl/N-ethyl adjacent to an activating group) is 1. The third-order valence-electron chi connectivity index (χ3n) is 2.92. The van der Waals surface area contributed by atoms with E-state index in [0.29, 0.717) is 23.2 Å². The second-order valence-corrected chi connectivity index (χ2v) is 5.63. The van der Waals surface area contributed by atoms with Crippen molar-refractivity contribution in [3.8, 4) is 0 Å². The van der Waals surface area contributed by atoms with Gasteiger partial charge in [0.15, 0.2) is 0 Å². The van der Waals surface area contributed by atoms with Crippen LogP contribution < -0.4 is 5.69 Å². The molecule has 0 spiro atoms. The first-order valence-corrected chi connectivity index (χ1v) is 7.21. The Balaban J connectivity index is 1.93. The van der Waals surface area contributed by atoms with Gasteiger partial charge in [0.25, 0.3) is 5.76 Å². The van der Waals surface area contributed by atoms with Crippen LogP contribution in [0.1, 0.15) is 5.56 Å². The first-order chi connectivity index (χ1) is 10.5. The van der Waals surface area contributed by atoms with Crippen molar-refractivity contribution in [3.63, 3.8) is 0 Å². The van der Waals surface area contributed by atoms with Gasteiger partial charge in [-0.15, -0.1) is 0 Å². The van der Waals surface area contributed by atoms with Crippen LogP contribution in [0.25, 0.3) is 0 Å². The highest BCUT2D eigenvalue weighted by molar-refractivity contribution is 7.99. The van der Waals surface area contributed by atoms with Crippen LogP contribution >= 0.6 is 11.8 Å². The monoisotopic (exact) mass is 328 g/mol. The number of hydrogen-bond donors (Lipinski definition) is 1. The summed E-state index contributed by atoms with van der Waals surface area (Å²) in [6.45, 7) is 0.218. The molecule has 1 heterocycles. The topological polar surface area (TPSA) is 71.0 Å². The molecule has 0 atom stereocenters. The number of nitrogens with one attached hydrogen (secondary N) is 1. The molecule has 118 valence electrons. The van der Waals surface area contributed by atoms with Crippen LogP contribution in [0.3, 0.4) is 0 Å². The summed E-state index contributed by atoms with van der Waals surface area (Å²) < 4.78 is 25.6. The predicted molar refractivity (Wildman–Crippen MR) is 77.6 cm³/mol. The summed E-state index contributed by atoms with van der Waals surface area (Å²) in [6, 6.07) is 6.56. The van der Waals surface area contributed by atoms with Gasteiger partial charge in [0.2, 0.25) is 5.91 Å². The highest BCUT2D eigenvalue weighted by atomic mass is 32.2. The molecule has 1 aromatic heterocycles. The first-order valence-electron chi connectivity index (χ1n) is 6.33. The fourth-order valence-corrected chi connectivity index (χ4v) is 2.29. The molecule has 1 aromatic carbocycles. The number of H-pyrrole nitrogens is 1. The van der Waals surface area contributed by atoms with Crippen molar-refractivity contribution in [2.75, 3.05) is 7.05 Å². The minimum atomic E-state index is -2.46. The van der Waals surface area contributed by atoms with Gasteiger partial charge in [0, 0.05) is 18.5 Å². The van der Waals surface area contributed by atoms with Crippen LogP contribution in [0.5, 0.6) is 0 Å². The molecule has 9 heteroatoms. The molecule has 2 rings (SSSR count). The van der Waals surface area contributed by atoms with E-state index in [0.717, 1.165) is 5.56 Å². The summed E-state index contributed by atoms with van der Waals surface area (Å²) >= 11 is 0.474. The number of carbonyl (C=O) groups is 1. The summed E-state index contributed by atoms with van der Waals surface area (Å²) in [4.78, 5) is 25.2. The molecular formula is C13H14F2N4O2S. The van der Waals surface area contributed by atoms with Gasteiger partial charge >= 0.3 is 5.69 Å². The molecule has 1 amide bonds. The van der Waals surface area contributed by atoms with E-state index in [1.54, 1.807) is 31.3 Å². The standard InChI is InChI=1S/C13H14F2N4O2S/c1-18(11(20)7-19-8-16-17-13(19)21)6-9-2-4-10(5-3-9)22-12(14)15/h2-5,8,12H,6-7H2,1H3,(H,17,21). The van der Waals surface area contributed by atoms with E-state index in [-0.39, 0.29) is 12.5 Å². The Morgan fingerprint density at radius 1 is 1.41 bits per heavy atom. The maximum atomic E-state index is 12.2. The van der Waals surface area contributed by atoms with Crippen molar-refractivity contribution >= 4 is 17.7 Å². The zero-order chi connectivity index (χ0) is 16.1. The molecule has 6 nitrogen and oxygen atoms in total. The fourth-order valence-electron chi connectivity index (χ4n) is 1.79. The molecule has 0 saturated carbocycles. The molecule has 0 bridgehead atoms. The van der Waals surface area contributed by atoms with Crippen LogP contribution in [0.15, 0.2) is 40.3 Å². The molecule has 1 N–H and O–H groups in total. The van der Waals surface area contributed by atoms with Gasteiger partial charge in [0.1, 0.15) is 12.9 Å². The van der Waals surface area contributed by atoms with E-state index in [4.69, 9.17) is 0 Å². The first kappa shape index (κ1) is 16.2. The Morgan fingerprint density at radius 2 is 2.09 bits per heavy atom. The molecule has 2 aromatic rings. The quantitative estimate of drug-likeness (QED) is 0.817. The molecule has 0 aliphatic rings. The number of carbonyl (C=O) groups excluding carboxylic acids is 1. The van der Waals surface area contributed by atoms with Crippen molar-refractivity contribution in [1.82, 2.24) is 19.7 Å². The lowest BCUT2D eigenvalue weighted by molar-refractivity contribution is -0.131. The Hall–Kier alpha value is -2.16. The molecule has 0 unspecified atom stereocenters. The SMILES string of the molecule is CN(Cc1ccc(SC(F)F)cc1)C(=O)Cn1cn[nH]c1=O. The number of nitrogens with zero attached hydrogens (tertiary/aromatic N) is 3. The molecule has 0 aliphatic carbocycles. The highest BCUT2D eigenvalue weighted by Gasteiger charge is 2.12. The third-order valence-corrected chi connectivity index (χ3v) is 3.64. The summed E-state index contributed by atoms with van der Waals surface area (Å²) in [5.41, 5.74) is 0.365. The average Bonchev–Trinajstić information content (AvgIpc) is 2.86. The van der Waals surface area contributed by atoms with Crippen LogP contribution in [-0.4, -0.2) is 38.4 Å². The van der Waals surface area contributed by atoms with Gasteiger partial charge in [-0.3, -0.25) is 9.36 Å². The van der Waals surface area contributed by atoms with Gasteiger partial charge in [-0.1, -0.05) is 23.9 Å². The highest BCUT2D eigenvalue weighted by Crippen LogP contribution is 2.25. The Bertz CT molecular complexity index is 684. The van der Waals surface area contributed by atoms with Crippen LogP contribution in [-0.2, 0) is 17.9 Å². The van der Waals surface area contributed by atoms with Gasteiger partial charge in [-0.25, -0.2) is 9.89 Å². The Morgan fingerprint density at radius 3 is 2.64 bits per heavy atom. The third kappa shape index (κ3) is 4.42. The lowest BCUT2D eigenvalue weighted by atomic mass is 10.2. The number of alkyl halides is 2. The van der Waals surface area contributed by atoms with Gasteiger partial charge < -0.3 is 4.90 Å². The summed E-state index contributed by atoms with van der Waals surface area (Å²) in [5, 5.41) is 5.75. The molecule has 0 saturated heterocycles. The lowest BCUT2D eigenvalue weighted by Gasteiger charge is -2.17. The number of halogens is 2. The molecule has 0 fully saturated rings. The number of thioether (sulfide) groups is 1. The molecule has 0 radical (unpaired) electrons. The predicted octanol–water partition coefficient (Wildman–Crippen LogP) is 1.54. The Kier molecular flexibility index (Phi) is 5.31. The van der Waals surface area contributed by atoms with E-state index < -0.39 is 11.4 Å². The van der Waals surface area contributed by atoms with E-state index in [9.17, 15) is 18.4 Å². The minimum absolute atomic E-state index is 0.106. The van der Waals surface area contributed by atoms with Gasteiger partial charge in [-0.2, -0.15) is 13.9 Å². The number of aromatic amines is 1. The number of benzene rings is 1. The normalized spacial score (nSPS) is 10.9. The van der Waals surface area contributed by atoms with E-state index in [1.807, 2.05) is 0 Å². The van der Waals surface area contributed by atoms with E-state index in [1.165, 1.54) is 15.8 Å². The van der Waals surface area contributed by atoms with Crippen molar-refractivity contribution in [1.29, 1.82) is 0 Å². The van der Waals surface area contributed by atoms with Crippen LogP contribution in [0, 0.1) is 0 Å². The van der Waals surface area contributed by atoms with Crippen LogP contribution in [0.2, 0.25) is 0 Å². The average molecular weight is 328 g/mol. The van der Waals surface area contributed by atoms with E-state index >= 15 is 0 Å². The molecule has 22 heavy (non-hydrogen) atoms. The zero-order valence-corrected chi connectivity index (χ0v) is 12.5. The summed E-state index contributed by atoms with van der Waals surface area (Å²) in [6.07, 6.45) is 1.25. The van der Waals surface area contributed by atoms with Crippen molar-refractivity contribution < 1.29 is 13.6 Å². The van der Waals surface area contributed by atoms with Crippen molar-refractivity contribution in [2.45, 2.75) is 23.7 Å². The van der Waals surface area contributed by atoms with Gasteiger partial charge in [0.05, 0.1) is 0 Å². The maximum Gasteiger partial charge on any atom is 0.343 e. The summed E-state index contributed by atoms with van der Waals surface area (Å²) in [5.74, 6) is -2.71. The van der Waals surface area contributed by atoms with Crippen molar-refractivity contribution in [3.05, 3.63) is 46.6 Å². The fraction of sp³-hybridized carbons (Fsp3) is 0.308. The van der Waals surface area contributed by atoms with Crippen LogP contribution in [0.4, 0.5) is 8.78 Å². The van der Waals surface area contributed by atoms with E-state index in [2.05, 4.69) is 10.2 Å². The number of hydrogen-bond acceptors (Lipinski definition) is 4. The lowest BCUT2D eigenvalue weighted by Crippen LogP contribution is -2.32. The Labute approximate surface area is 129 Å². The largest absolute Gasteiger partial charge is 0.343 e. The second kappa shape index (κ2) is 7.21. The maximum absolute atomic E-state index is 12.2. The van der Waals surface area contributed by atoms with Gasteiger partial charge in [-0.05, 0) is 17.7 Å².